The number of hydrogen-bond acceptors (Lipinski definition) is 5. The van der Waals surface area contributed by atoms with Crippen molar-refractivity contribution in [2.75, 3.05) is 19.0 Å². The molecule has 2 rings (SSSR count). The molecule has 0 fully saturated rings. The van der Waals surface area contributed by atoms with Gasteiger partial charge in [-0.1, -0.05) is 35.3 Å². The van der Waals surface area contributed by atoms with Crippen molar-refractivity contribution in [3.8, 4) is 23.6 Å². The van der Waals surface area contributed by atoms with Gasteiger partial charge in [0.1, 0.15) is 17.7 Å². The first-order chi connectivity index (χ1) is 13.0. The van der Waals surface area contributed by atoms with Gasteiger partial charge in [0.15, 0.2) is 18.1 Å². The third-order valence-electron chi connectivity index (χ3n) is 3.36. The van der Waals surface area contributed by atoms with Crippen LogP contribution >= 0.6 is 23.2 Å². The maximum absolute atomic E-state index is 12.4. The first kappa shape index (κ1) is 20.1. The molecule has 136 valence electrons. The van der Waals surface area contributed by atoms with Gasteiger partial charge in [-0.05, 0) is 35.9 Å². The Morgan fingerprint density at radius 1 is 1.22 bits per heavy atom. The Morgan fingerprint density at radius 2 is 2.00 bits per heavy atom. The fourth-order valence-corrected chi connectivity index (χ4v) is 2.46. The highest BCUT2D eigenvalue weighted by atomic mass is 35.5. The Hall–Kier alpha value is -3.19. The molecule has 0 aliphatic carbocycles. The number of amides is 1. The van der Waals surface area contributed by atoms with Crippen molar-refractivity contribution in [3.05, 3.63) is 57.6 Å². The van der Waals surface area contributed by atoms with Crippen molar-refractivity contribution >= 4 is 40.9 Å². The number of ether oxygens (including phenoxy) is 2. The number of anilines is 1. The summed E-state index contributed by atoms with van der Waals surface area (Å²) in [5.74, 6) is 0.116. The van der Waals surface area contributed by atoms with Gasteiger partial charge in [0.05, 0.1) is 22.8 Å². The van der Waals surface area contributed by atoms with Crippen LogP contribution in [0.25, 0.3) is 6.08 Å². The zero-order valence-electron chi connectivity index (χ0n) is 14.1. The molecule has 0 heterocycles. The number of halogens is 2. The molecule has 2 aromatic rings. The summed E-state index contributed by atoms with van der Waals surface area (Å²) in [7, 11) is 1.45. The summed E-state index contributed by atoms with van der Waals surface area (Å²) in [6.45, 7) is -0.127. The molecule has 0 unspecified atom stereocenters. The Kier molecular flexibility index (Phi) is 7.08. The van der Waals surface area contributed by atoms with E-state index in [1.165, 1.54) is 13.2 Å². The summed E-state index contributed by atoms with van der Waals surface area (Å²) < 4.78 is 10.4. The van der Waals surface area contributed by atoms with Gasteiger partial charge in [-0.15, -0.1) is 0 Å². The fraction of sp³-hybridized carbons (Fsp3) is 0.105. The van der Waals surface area contributed by atoms with Gasteiger partial charge in [-0.2, -0.15) is 10.5 Å². The largest absolute Gasteiger partial charge is 0.493 e. The minimum Gasteiger partial charge on any atom is -0.493 e. The van der Waals surface area contributed by atoms with E-state index in [1.807, 2.05) is 12.1 Å². The zero-order valence-corrected chi connectivity index (χ0v) is 15.6. The number of nitrogens with one attached hydrogen (secondary N) is 1. The van der Waals surface area contributed by atoms with Crippen molar-refractivity contribution in [2.24, 2.45) is 0 Å². The molecule has 0 saturated heterocycles. The zero-order chi connectivity index (χ0) is 19.8. The summed E-state index contributed by atoms with van der Waals surface area (Å²) >= 11 is 12.0. The molecular weight excluding hydrogens is 389 g/mol. The smallest absolute Gasteiger partial charge is 0.266 e. The fourth-order valence-electron chi connectivity index (χ4n) is 2.11. The summed E-state index contributed by atoms with van der Waals surface area (Å²) in [5, 5.41) is 20.9. The van der Waals surface area contributed by atoms with Gasteiger partial charge < -0.3 is 14.8 Å². The van der Waals surface area contributed by atoms with Crippen LogP contribution in [0.3, 0.4) is 0 Å². The molecule has 0 aliphatic rings. The Labute approximate surface area is 166 Å². The van der Waals surface area contributed by atoms with Gasteiger partial charge in [0, 0.05) is 0 Å². The molecule has 0 radical (unpaired) electrons. The molecule has 1 amide bonds. The lowest BCUT2D eigenvalue weighted by atomic mass is 10.1. The highest BCUT2D eigenvalue weighted by molar-refractivity contribution is 6.44. The van der Waals surface area contributed by atoms with Crippen LogP contribution in [0.2, 0.25) is 10.0 Å². The van der Waals surface area contributed by atoms with Crippen LogP contribution in [0.15, 0.2) is 42.0 Å². The number of carbonyl (C=O) groups is 1. The van der Waals surface area contributed by atoms with Crippen molar-refractivity contribution in [1.82, 2.24) is 0 Å². The van der Waals surface area contributed by atoms with Crippen LogP contribution in [0.1, 0.15) is 5.56 Å². The minimum atomic E-state index is -0.634. The van der Waals surface area contributed by atoms with Crippen molar-refractivity contribution in [1.29, 1.82) is 10.5 Å². The number of hydrogen-bond donors (Lipinski definition) is 1. The first-order valence-electron chi connectivity index (χ1n) is 7.55. The van der Waals surface area contributed by atoms with Gasteiger partial charge >= 0.3 is 0 Å². The Balaban J connectivity index is 2.27. The monoisotopic (exact) mass is 401 g/mol. The SMILES string of the molecule is COc1cc(/C=C(/C#N)C(=O)Nc2cccc(Cl)c2Cl)ccc1OCC#N. The van der Waals surface area contributed by atoms with Gasteiger partial charge in [-0.3, -0.25) is 4.79 Å². The average molecular weight is 402 g/mol. The number of methoxy groups -OCH3 is 1. The van der Waals surface area contributed by atoms with Crippen LogP contribution < -0.4 is 14.8 Å². The standard InChI is InChI=1S/C19H13Cl2N3O3/c1-26-17-10-12(5-6-16(17)27-8-7-22)9-13(11-23)19(25)24-15-4-2-3-14(20)18(15)21/h2-6,9-10H,8H2,1H3,(H,24,25)/b13-9-. The average Bonchev–Trinajstić information content (AvgIpc) is 2.68. The van der Waals surface area contributed by atoms with E-state index < -0.39 is 5.91 Å². The minimum absolute atomic E-state index is 0.127. The number of nitrogens with zero attached hydrogens (tertiary/aromatic N) is 2. The van der Waals surface area contributed by atoms with E-state index in [9.17, 15) is 10.1 Å². The second-order valence-corrected chi connectivity index (χ2v) is 5.87. The van der Waals surface area contributed by atoms with Gasteiger partial charge in [0.25, 0.3) is 5.91 Å². The second-order valence-electron chi connectivity index (χ2n) is 5.08. The number of nitriles is 2. The summed E-state index contributed by atoms with van der Waals surface area (Å²) in [5.41, 5.74) is 0.701. The van der Waals surface area contributed by atoms with E-state index in [0.29, 0.717) is 22.7 Å². The molecule has 8 heteroatoms. The highest BCUT2D eigenvalue weighted by Gasteiger charge is 2.13. The topological polar surface area (TPSA) is 95.1 Å². The molecule has 0 aliphatic heterocycles. The summed E-state index contributed by atoms with van der Waals surface area (Å²) in [6.07, 6.45) is 1.39. The molecule has 0 saturated carbocycles. The van der Waals surface area contributed by atoms with Crippen LogP contribution in [0, 0.1) is 22.7 Å². The summed E-state index contributed by atoms with van der Waals surface area (Å²) in [6, 6.07) is 13.3. The predicted molar refractivity (Wildman–Crippen MR) is 103 cm³/mol. The van der Waals surface area contributed by atoms with E-state index in [0.717, 1.165) is 0 Å². The lowest BCUT2D eigenvalue weighted by molar-refractivity contribution is -0.112. The van der Waals surface area contributed by atoms with Crippen molar-refractivity contribution in [2.45, 2.75) is 0 Å². The molecule has 2 aromatic carbocycles. The molecular formula is C19H13Cl2N3O3. The molecule has 0 bridgehead atoms. The molecule has 0 atom stereocenters. The Bertz CT molecular complexity index is 975. The lowest BCUT2D eigenvalue weighted by Gasteiger charge is -2.10. The van der Waals surface area contributed by atoms with E-state index in [1.54, 1.807) is 36.4 Å². The van der Waals surface area contributed by atoms with Gasteiger partial charge in [-0.25, -0.2) is 0 Å². The molecule has 0 aromatic heterocycles. The maximum atomic E-state index is 12.4. The van der Waals surface area contributed by atoms with E-state index in [2.05, 4.69) is 5.32 Å². The van der Waals surface area contributed by atoms with Gasteiger partial charge in [0.2, 0.25) is 0 Å². The quantitative estimate of drug-likeness (QED) is 0.569. The van der Waals surface area contributed by atoms with Crippen LogP contribution in [-0.4, -0.2) is 19.6 Å². The van der Waals surface area contributed by atoms with Crippen LogP contribution in [0.4, 0.5) is 5.69 Å². The van der Waals surface area contributed by atoms with E-state index >= 15 is 0 Å². The third-order valence-corrected chi connectivity index (χ3v) is 4.17. The van der Waals surface area contributed by atoms with E-state index in [4.69, 9.17) is 37.9 Å². The maximum Gasteiger partial charge on any atom is 0.266 e. The molecule has 6 nitrogen and oxygen atoms in total. The summed E-state index contributed by atoms with van der Waals surface area (Å²) in [4.78, 5) is 12.4. The number of benzene rings is 2. The predicted octanol–water partition coefficient (Wildman–Crippen LogP) is 4.45. The lowest BCUT2D eigenvalue weighted by Crippen LogP contribution is -2.13. The molecule has 27 heavy (non-hydrogen) atoms. The van der Waals surface area contributed by atoms with Crippen molar-refractivity contribution in [3.63, 3.8) is 0 Å². The number of carbonyl (C=O) groups excluding carboxylic acids is 1. The first-order valence-corrected chi connectivity index (χ1v) is 8.30. The molecule has 1 N–H and O–H groups in total. The number of rotatable bonds is 6. The van der Waals surface area contributed by atoms with Crippen LogP contribution in [-0.2, 0) is 4.79 Å². The van der Waals surface area contributed by atoms with E-state index in [-0.39, 0.29) is 22.2 Å². The Morgan fingerprint density at radius 3 is 2.67 bits per heavy atom. The highest BCUT2D eigenvalue weighted by Crippen LogP contribution is 2.31. The third kappa shape index (κ3) is 5.15. The molecule has 0 spiro atoms. The van der Waals surface area contributed by atoms with Crippen molar-refractivity contribution < 1.29 is 14.3 Å². The van der Waals surface area contributed by atoms with Crippen LogP contribution in [0.5, 0.6) is 11.5 Å². The normalized spacial score (nSPS) is 10.5. The second kappa shape index (κ2) is 9.49.